The van der Waals surface area contributed by atoms with Gasteiger partial charge in [0, 0.05) is 6.07 Å². The molecule has 0 fully saturated rings. The summed E-state index contributed by atoms with van der Waals surface area (Å²) in [6.45, 7) is 0. The van der Waals surface area contributed by atoms with E-state index in [2.05, 4.69) is 4.42 Å². The second-order valence-electron chi connectivity index (χ2n) is 2.02. The van der Waals surface area contributed by atoms with E-state index in [0.717, 1.165) is 0 Å². The zero-order valence-corrected chi connectivity index (χ0v) is 6.03. The van der Waals surface area contributed by atoms with E-state index in [0.29, 0.717) is 0 Å². The van der Waals surface area contributed by atoms with E-state index >= 15 is 0 Å². The maximum atomic E-state index is 11.0. The zero-order valence-electron chi connectivity index (χ0n) is 6.03. The number of hydrogen-bond acceptors (Lipinski definition) is 4. The van der Waals surface area contributed by atoms with Gasteiger partial charge in [0.25, 0.3) is 5.91 Å². The molecule has 0 unspecified atom stereocenters. The zero-order chi connectivity index (χ0) is 9.14. The molecule has 0 spiro atoms. The molecule has 0 aliphatic heterocycles. The lowest BCUT2D eigenvalue weighted by Crippen LogP contribution is -2.35. The van der Waals surface area contributed by atoms with Crippen molar-refractivity contribution in [3.8, 4) is 0 Å². The van der Waals surface area contributed by atoms with Crippen LogP contribution in [0.1, 0.15) is 10.6 Å². The molecular weight excluding hydrogens is 162 g/mol. The molecule has 1 heterocycles. The molecule has 0 atom stereocenters. The molecule has 1 aromatic heterocycles. The van der Waals surface area contributed by atoms with Crippen LogP contribution >= 0.6 is 0 Å². The van der Waals surface area contributed by atoms with Crippen molar-refractivity contribution in [1.82, 2.24) is 5.32 Å². The molecule has 0 radical (unpaired) electrons. The minimum atomic E-state index is -0.948. The highest BCUT2D eigenvalue weighted by Gasteiger charge is 2.14. The molecule has 3 amide bonds. The van der Waals surface area contributed by atoms with Crippen LogP contribution in [0.15, 0.2) is 16.7 Å². The minimum absolute atomic E-state index is 0.117. The number of carbonyl (C=O) groups is 2. The van der Waals surface area contributed by atoms with Gasteiger partial charge in [0.1, 0.15) is 0 Å². The van der Waals surface area contributed by atoms with Crippen molar-refractivity contribution < 1.29 is 14.0 Å². The number of rotatable bonds is 1. The highest BCUT2D eigenvalue weighted by Crippen LogP contribution is 2.11. The summed E-state index contributed by atoms with van der Waals surface area (Å²) >= 11 is 0. The van der Waals surface area contributed by atoms with Gasteiger partial charge < -0.3 is 15.9 Å². The fraction of sp³-hybridized carbons (Fsp3) is 0. The highest BCUT2D eigenvalue weighted by molar-refractivity contribution is 6.04. The molecule has 1 rings (SSSR count). The van der Waals surface area contributed by atoms with Crippen LogP contribution in [0.3, 0.4) is 0 Å². The number of urea groups is 1. The Hall–Kier alpha value is -1.98. The number of nitrogen functional groups attached to an aromatic ring is 1. The fourth-order valence-corrected chi connectivity index (χ4v) is 0.672. The third-order valence-corrected chi connectivity index (χ3v) is 1.14. The molecule has 0 aliphatic carbocycles. The van der Waals surface area contributed by atoms with Gasteiger partial charge in [-0.1, -0.05) is 0 Å². The molecule has 0 aliphatic rings. The third-order valence-electron chi connectivity index (χ3n) is 1.14. The first kappa shape index (κ1) is 8.12. The Labute approximate surface area is 67.5 Å². The summed E-state index contributed by atoms with van der Waals surface area (Å²) in [6, 6.07) is 0.450. The van der Waals surface area contributed by atoms with E-state index in [4.69, 9.17) is 11.5 Å². The molecule has 0 bridgehead atoms. The van der Waals surface area contributed by atoms with Crippen molar-refractivity contribution in [3.05, 3.63) is 18.1 Å². The van der Waals surface area contributed by atoms with Crippen molar-refractivity contribution >= 4 is 17.6 Å². The quantitative estimate of drug-likeness (QED) is 0.534. The van der Waals surface area contributed by atoms with Gasteiger partial charge in [-0.2, -0.15) is 0 Å². The monoisotopic (exact) mass is 169 g/mol. The van der Waals surface area contributed by atoms with Crippen LogP contribution in [0.5, 0.6) is 0 Å². The summed E-state index contributed by atoms with van der Waals surface area (Å²) in [7, 11) is 0. The lowest BCUT2D eigenvalue weighted by molar-refractivity contribution is 0.0940. The van der Waals surface area contributed by atoms with Crippen LogP contribution in [0, 0.1) is 0 Å². The molecule has 6 heteroatoms. The average Bonchev–Trinajstić information content (AvgIpc) is 2.33. The van der Waals surface area contributed by atoms with Gasteiger partial charge in [-0.15, -0.1) is 0 Å². The predicted molar refractivity (Wildman–Crippen MR) is 40.2 cm³/mol. The Morgan fingerprint density at radius 3 is 2.58 bits per heavy atom. The largest absolute Gasteiger partial charge is 0.457 e. The molecule has 64 valence electrons. The number of primary amides is 1. The summed E-state index contributed by atoms with van der Waals surface area (Å²) in [4.78, 5) is 21.2. The van der Waals surface area contributed by atoms with E-state index in [1.54, 1.807) is 0 Å². The number of hydrogen-bond donors (Lipinski definition) is 3. The van der Waals surface area contributed by atoms with E-state index in [9.17, 15) is 9.59 Å². The van der Waals surface area contributed by atoms with Gasteiger partial charge in [-0.25, -0.2) is 4.79 Å². The van der Waals surface area contributed by atoms with Crippen LogP contribution in [0.25, 0.3) is 0 Å². The van der Waals surface area contributed by atoms with Crippen molar-refractivity contribution in [3.63, 3.8) is 0 Å². The van der Waals surface area contributed by atoms with E-state index in [1.165, 1.54) is 12.3 Å². The Morgan fingerprint density at radius 1 is 1.50 bits per heavy atom. The number of imide groups is 1. The molecule has 1 aromatic rings. The predicted octanol–water partition coefficient (Wildman–Crippen LogP) is -0.330. The van der Waals surface area contributed by atoms with E-state index < -0.39 is 11.9 Å². The molecule has 0 aromatic carbocycles. The van der Waals surface area contributed by atoms with Gasteiger partial charge >= 0.3 is 6.03 Å². The molecule has 5 N–H and O–H groups in total. The summed E-state index contributed by atoms with van der Waals surface area (Å²) in [5.74, 6) is -0.862. The lowest BCUT2D eigenvalue weighted by atomic mass is 10.4. The van der Waals surface area contributed by atoms with Crippen LogP contribution in [0.2, 0.25) is 0 Å². The second kappa shape index (κ2) is 2.95. The average molecular weight is 169 g/mol. The SMILES string of the molecule is NC(=O)NC(=O)c1occc1N. The van der Waals surface area contributed by atoms with Crippen LogP contribution in [0.4, 0.5) is 10.5 Å². The van der Waals surface area contributed by atoms with Crippen LogP contribution < -0.4 is 16.8 Å². The number of nitrogens with one attached hydrogen (secondary N) is 1. The Morgan fingerprint density at radius 2 is 2.17 bits per heavy atom. The van der Waals surface area contributed by atoms with Gasteiger partial charge in [-0.05, 0) is 0 Å². The minimum Gasteiger partial charge on any atom is -0.457 e. The van der Waals surface area contributed by atoms with Gasteiger partial charge in [0.15, 0.2) is 0 Å². The first-order valence-corrected chi connectivity index (χ1v) is 3.05. The fourth-order valence-electron chi connectivity index (χ4n) is 0.672. The Kier molecular flexibility index (Phi) is 2.00. The van der Waals surface area contributed by atoms with Gasteiger partial charge in [-0.3, -0.25) is 10.1 Å². The number of anilines is 1. The van der Waals surface area contributed by atoms with Crippen LogP contribution in [-0.4, -0.2) is 11.9 Å². The van der Waals surface area contributed by atoms with Crippen LogP contribution in [-0.2, 0) is 0 Å². The first-order chi connectivity index (χ1) is 5.61. The number of nitrogens with two attached hydrogens (primary N) is 2. The van der Waals surface area contributed by atoms with Crippen molar-refractivity contribution in [2.24, 2.45) is 5.73 Å². The first-order valence-electron chi connectivity index (χ1n) is 3.05. The standard InChI is InChI=1S/C6H7N3O3/c7-3-1-2-12-4(3)5(10)9-6(8)11/h1-2H,7H2,(H3,8,9,10,11). The van der Waals surface area contributed by atoms with Crippen molar-refractivity contribution in [2.45, 2.75) is 0 Å². The second-order valence-corrected chi connectivity index (χ2v) is 2.02. The topological polar surface area (TPSA) is 111 Å². The number of furan rings is 1. The molecule has 0 saturated carbocycles. The third kappa shape index (κ3) is 1.54. The maximum absolute atomic E-state index is 11.0. The molecule has 6 nitrogen and oxygen atoms in total. The smallest absolute Gasteiger partial charge is 0.319 e. The van der Waals surface area contributed by atoms with Gasteiger partial charge in [0.2, 0.25) is 5.76 Å². The van der Waals surface area contributed by atoms with Gasteiger partial charge in [0.05, 0.1) is 12.0 Å². The Bertz CT molecular complexity index is 318. The van der Waals surface area contributed by atoms with E-state index in [-0.39, 0.29) is 11.4 Å². The number of carbonyl (C=O) groups excluding carboxylic acids is 2. The molecule has 0 saturated heterocycles. The summed E-state index contributed by atoms with van der Waals surface area (Å²) in [5, 5.41) is 1.81. The molecular formula is C6H7N3O3. The van der Waals surface area contributed by atoms with E-state index in [1.807, 2.05) is 5.32 Å². The lowest BCUT2D eigenvalue weighted by Gasteiger charge is -1.96. The maximum Gasteiger partial charge on any atom is 0.319 e. The highest BCUT2D eigenvalue weighted by atomic mass is 16.3. The summed E-state index contributed by atoms with van der Waals surface area (Å²) < 4.78 is 4.68. The molecule has 12 heavy (non-hydrogen) atoms. The Balaban J connectivity index is 2.78. The van der Waals surface area contributed by atoms with Crippen molar-refractivity contribution in [2.75, 3.05) is 5.73 Å². The van der Waals surface area contributed by atoms with Crippen molar-refractivity contribution in [1.29, 1.82) is 0 Å². The summed E-state index contributed by atoms with van der Waals surface area (Å²) in [6.07, 6.45) is 1.24. The summed E-state index contributed by atoms with van der Waals surface area (Å²) in [5.41, 5.74) is 10.2. The normalized spacial score (nSPS) is 9.33. The number of amides is 3.